The third-order valence-electron chi connectivity index (χ3n) is 4.69. The van der Waals surface area contributed by atoms with Gasteiger partial charge in [0.05, 0.1) is 16.8 Å². The first kappa shape index (κ1) is 20.5. The predicted molar refractivity (Wildman–Crippen MR) is 112 cm³/mol. The van der Waals surface area contributed by atoms with Crippen molar-refractivity contribution in [3.63, 3.8) is 0 Å². The van der Waals surface area contributed by atoms with Crippen LogP contribution in [0.5, 0.6) is 0 Å². The highest BCUT2D eigenvalue weighted by Crippen LogP contribution is 2.24. The summed E-state index contributed by atoms with van der Waals surface area (Å²) in [6.07, 6.45) is 0.919. The average Bonchev–Trinajstić information content (AvgIpc) is 3.20. The number of anilines is 2. The molecule has 8 nitrogen and oxygen atoms in total. The molecule has 0 unspecified atom stereocenters. The van der Waals surface area contributed by atoms with Gasteiger partial charge in [-0.2, -0.15) is 0 Å². The number of hydrogen-bond donors (Lipinski definition) is 2. The Morgan fingerprint density at radius 2 is 1.81 bits per heavy atom. The van der Waals surface area contributed by atoms with Crippen LogP contribution in [0, 0.1) is 5.82 Å². The summed E-state index contributed by atoms with van der Waals surface area (Å²) < 4.78 is 41.3. The van der Waals surface area contributed by atoms with Gasteiger partial charge < -0.3 is 5.32 Å². The number of rotatable bonds is 6. The highest BCUT2D eigenvalue weighted by Gasteiger charge is 2.23. The van der Waals surface area contributed by atoms with Crippen LogP contribution in [0.15, 0.2) is 71.8 Å². The summed E-state index contributed by atoms with van der Waals surface area (Å²) in [6.45, 7) is 1.02. The molecule has 1 aromatic heterocycles. The van der Waals surface area contributed by atoms with Crippen molar-refractivity contribution in [2.24, 2.45) is 0 Å². The lowest BCUT2D eigenvalue weighted by atomic mass is 10.1. The normalized spacial score (nSPS) is 13.7. The molecule has 158 valence electrons. The Bertz CT molecular complexity index is 1250. The molecule has 10 heteroatoms. The minimum absolute atomic E-state index is 0.0127. The lowest BCUT2D eigenvalue weighted by Crippen LogP contribution is -2.27. The van der Waals surface area contributed by atoms with Crippen molar-refractivity contribution in [3.8, 4) is 0 Å². The van der Waals surface area contributed by atoms with Gasteiger partial charge in [-0.3, -0.25) is 14.4 Å². The number of carbonyl (C=O) groups is 2. The Morgan fingerprint density at radius 3 is 2.45 bits per heavy atom. The Morgan fingerprint density at radius 1 is 1.06 bits per heavy atom. The van der Waals surface area contributed by atoms with Crippen LogP contribution in [-0.2, 0) is 10.0 Å². The van der Waals surface area contributed by atoms with Crippen LogP contribution >= 0.6 is 0 Å². The van der Waals surface area contributed by atoms with E-state index in [1.165, 1.54) is 35.2 Å². The van der Waals surface area contributed by atoms with Gasteiger partial charge in [0.15, 0.2) is 0 Å². The molecule has 0 saturated carbocycles. The quantitative estimate of drug-likeness (QED) is 0.573. The summed E-state index contributed by atoms with van der Waals surface area (Å²) in [4.78, 5) is 29.8. The number of urea groups is 1. The third-order valence-corrected chi connectivity index (χ3v) is 6.07. The van der Waals surface area contributed by atoms with Gasteiger partial charge >= 0.3 is 6.03 Å². The first-order chi connectivity index (χ1) is 14.8. The summed E-state index contributed by atoms with van der Waals surface area (Å²) in [5.41, 5.74) is 0.713. The number of amides is 2. The summed E-state index contributed by atoms with van der Waals surface area (Å²) in [7, 11) is -4.01. The predicted octanol–water partition coefficient (Wildman–Crippen LogP) is 2.78. The van der Waals surface area contributed by atoms with Crippen LogP contribution < -0.4 is 14.9 Å². The second-order valence-corrected chi connectivity index (χ2v) is 8.40. The minimum atomic E-state index is -4.01. The molecule has 0 aliphatic carbocycles. The summed E-state index contributed by atoms with van der Waals surface area (Å²) in [5, 5.41) is 2.68. The van der Waals surface area contributed by atoms with Crippen LogP contribution in [0.1, 0.15) is 16.1 Å². The zero-order chi connectivity index (χ0) is 22.0. The molecule has 4 rings (SSSR count). The Labute approximate surface area is 177 Å². The summed E-state index contributed by atoms with van der Waals surface area (Å²) in [5.74, 6) is -1.13. The molecule has 1 aliphatic heterocycles. The van der Waals surface area contributed by atoms with Crippen LogP contribution in [0.2, 0.25) is 0 Å². The topological polar surface area (TPSA) is 108 Å². The van der Waals surface area contributed by atoms with Gasteiger partial charge in [-0.25, -0.2) is 22.6 Å². The molecule has 2 heterocycles. The van der Waals surface area contributed by atoms with Gasteiger partial charge in [0.25, 0.3) is 10.0 Å². The molecule has 3 aromatic rings. The molecule has 2 aromatic carbocycles. The van der Waals surface area contributed by atoms with Gasteiger partial charge in [0, 0.05) is 24.3 Å². The van der Waals surface area contributed by atoms with Crippen molar-refractivity contribution in [1.82, 2.24) is 10.3 Å². The molecule has 0 spiro atoms. The number of nitrogens with one attached hydrogen (secondary N) is 2. The largest absolute Gasteiger partial charge is 0.336 e. The average molecular weight is 440 g/mol. The monoisotopic (exact) mass is 440 g/mol. The van der Waals surface area contributed by atoms with Crippen molar-refractivity contribution in [2.75, 3.05) is 22.7 Å². The van der Waals surface area contributed by atoms with Crippen LogP contribution in [-0.4, -0.2) is 38.3 Å². The Kier molecular flexibility index (Phi) is 5.38. The maximum absolute atomic E-state index is 13.1. The SMILES string of the molecule is O=C(c1ccc(F)cn1)c1ccccc1NS(=O)(=O)c1ccc(N2CCNC2=O)cc1. The molecule has 0 atom stereocenters. The zero-order valence-electron chi connectivity index (χ0n) is 16.1. The number of para-hydroxylation sites is 1. The minimum Gasteiger partial charge on any atom is -0.336 e. The first-order valence-corrected chi connectivity index (χ1v) is 10.8. The maximum Gasteiger partial charge on any atom is 0.321 e. The molecular formula is C21H17FN4O4S. The van der Waals surface area contributed by atoms with Crippen molar-refractivity contribution in [2.45, 2.75) is 4.90 Å². The standard InChI is InChI=1S/C21H17FN4O4S/c22-14-5-10-19(24-13-14)20(27)17-3-1-2-4-18(17)25-31(29,30)16-8-6-15(7-9-16)26-12-11-23-21(26)28/h1-10,13,25H,11-12H2,(H,23,28). The van der Waals surface area contributed by atoms with Crippen molar-refractivity contribution in [3.05, 3.63) is 83.9 Å². The van der Waals surface area contributed by atoms with Gasteiger partial charge in [-0.05, 0) is 48.5 Å². The highest BCUT2D eigenvalue weighted by molar-refractivity contribution is 7.92. The van der Waals surface area contributed by atoms with E-state index < -0.39 is 21.6 Å². The molecule has 0 radical (unpaired) electrons. The fourth-order valence-electron chi connectivity index (χ4n) is 3.15. The van der Waals surface area contributed by atoms with Crippen LogP contribution in [0.25, 0.3) is 0 Å². The van der Waals surface area contributed by atoms with Gasteiger partial charge in [-0.1, -0.05) is 12.1 Å². The summed E-state index contributed by atoms with van der Waals surface area (Å²) >= 11 is 0. The number of halogens is 1. The van der Waals surface area contributed by atoms with E-state index in [1.807, 2.05) is 0 Å². The fraction of sp³-hybridized carbons (Fsp3) is 0.0952. The number of benzene rings is 2. The van der Waals surface area contributed by atoms with Crippen LogP contribution in [0.3, 0.4) is 0 Å². The lowest BCUT2D eigenvalue weighted by molar-refractivity contribution is 0.103. The van der Waals surface area contributed by atoms with Crippen molar-refractivity contribution in [1.29, 1.82) is 0 Å². The number of aromatic nitrogens is 1. The molecule has 2 N–H and O–H groups in total. The molecule has 31 heavy (non-hydrogen) atoms. The number of sulfonamides is 1. The van der Waals surface area contributed by atoms with E-state index in [2.05, 4.69) is 15.0 Å². The van der Waals surface area contributed by atoms with E-state index in [1.54, 1.807) is 24.3 Å². The Hall–Kier alpha value is -3.79. The number of nitrogens with zero attached hydrogens (tertiary/aromatic N) is 2. The number of hydrogen-bond acceptors (Lipinski definition) is 5. The number of ketones is 1. The molecule has 1 saturated heterocycles. The van der Waals surface area contributed by atoms with Gasteiger partial charge in [0.1, 0.15) is 11.5 Å². The van der Waals surface area contributed by atoms with Crippen molar-refractivity contribution < 1.29 is 22.4 Å². The van der Waals surface area contributed by atoms with E-state index in [0.29, 0.717) is 18.8 Å². The fourth-order valence-corrected chi connectivity index (χ4v) is 4.22. The van der Waals surface area contributed by atoms with Gasteiger partial charge in [0.2, 0.25) is 5.78 Å². The van der Waals surface area contributed by atoms with E-state index in [9.17, 15) is 22.4 Å². The second kappa shape index (κ2) is 8.15. The molecule has 2 amide bonds. The smallest absolute Gasteiger partial charge is 0.321 e. The van der Waals surface area contributed by atoms with Gasteiger partial charge in [-0.15, -0.1) is 0 Å². The van der Waals surface area contributed by atoms with Crippen LogP contribution in [0.4, 0.5) is 20.6 Å². The molecule has 1 aliphatic rings. The summed E-state index contributed by atoms with van der Waals surface area (Å²) in [6, 6.07) is 14.0. The van der Waals surface area contributed by atoms with E-state index in [-0.39, 0.29) is 27.9 Å². The molecule has 0 bridgehead atoms. The zero-order valence-corrected chi connectivity index (χ0v) is 16.9. The van der Waals surface area contributed by atoms with E-state index in [0.717, 1.165) is 12.3 Å². The van der Waals surface area contributed by atoms with E-state index in [4.69, 9.17) is 0 Å². The second-order valence-electron chi connectivity index (χ2n) is 6.72. The van der Waals surface area contributed by atoms with E-state index >= 15 is 0 Å². The first-order valence-electron chi connectivity index (χ1n) is 9.29. The Balaban J connectivity index is 1.59. The number of carbonyl (C=O) groups excluding carboxylic acids is 2. The molecular weight excluding hydrogens is 423 g/mol. The third kappa shape index (κ3) is 4.24. The number of pyridine rings is 1. The van der Waals surface area contributed by atoms with Crippen molar-refractivity contribution >= 4 is 33.2 Å². The highest BCUT2D eigenvalue weighted by atomic mass is 32.2. The maximum atomic E-state index is 13.1. The lowest BCUT2D eigenvalue weighted by Gasteiger charge is -2.15. The molecule has 1 fully saturated rings.